The van der Waals surface area contributed by atoms with Gasteiger partial charge in [0, 0.05) is 18.7 Å². The zero-order valence-corrected chi connectivity index (χ0v) is 14.9. The van der Waals surface area contributed by atoms with Crippen LogP contribution in [-0.4, -0.2) is 24.9 Å². The fourth-order valence-electron chi connectivity index (χ4n) is 4.00. The third-order valence-electron chi connectivity index (χ3n) is 5.39. The van der Waals surface area contributed by atoms with Crippen molar-refractivity contribution in [3.8, 4) is 0 Å². The lowest BCUT2D eigenvalue weighted by Gasteiger charge is -2.30. The van der Waals surface area contributed by atoms with Gasteiger partial charge in [0.05, 0.1) is 6.54 Å². The third kappa shape index (κ3) is 5.21. The maximum atomic E-state index is 12.2. The van der Waals surface area contributed by atoms with Crippen molar-refractivity contribution in [2.24, 2.45) is 5.92 Å². The van der Waals surface area contributed by atoms with Crippen molar-refractivity contribution in [3.63, 3.8) is 0 Å². The Hall–Kier alpha value is -2.04. The third-order valence-corrected chi connectivity index (χ3v) is 5.39. The Balaban J connectivity index is 1.39. The highest BCUT2D eigenvalue weighted by Gasteiger charge is 2.19. The van der Waals surface area contributed by atoms with Gasteiger partial charge in [0.2, 0.25) is 5.91 Å². The van der Waals surface area contributed by atoms with Crippen LogP contribution >= 0.6 is 0 Å². The van der Waals surface area contributed by atoms with Crippen LogP contribution in [0.1, 0.15) is 56.9 Å². The topological polar surface area (TPSA) is 61.4 Å². The predicted molar refractivity (Wildman–Crippen MR) is 99.1 cm³/mol. The summed E-state index contributed by atoms with van der Waals surface area (Å²) in [7, 11) is 0. The molecule has 2 aliphatic rings. The second-order valence-corrected chi connectivity index (χ2v) is 7.29. The van der Waals surface area contributed by atoms with Gasteiger partial charge in [-0.3, -0.25) is 20.4 Å². The molecule has 2 amide bonds. The molecule has 5 nitrogen and oxygen atoms in total. The van der Waals surface area contributed by atoms with Gasteiger partial charge in [-0.15, -0.1) is 0 Å². The van der Waals surface area contributed by atoms with E-state index in [1.165, 1.54) is 37.7 Å². The molecule has 5 heteroatoms. The molecule has 2 N–H and O–H groups in total. The molecule has 1 fully saturated rings. The minimum Gasteiger partial charge on any atom is -0.362 e. The molecule has 1 heterocycles. The van der Waals surface area contributed by atoms with E-state index >= 15 is 0 Å². The number of hydrogen-bond donors (Lipinski definition) is 2. The van der Waals surface area contributed by atoms with E-state index in [2.05, 4.69) is 27.9 Å². The van der Waals surface area contributed by atoms with Gasteiger partial charge in [0.15, 0.2) is 0 Å². The first-order chi connectivity index (χ1) is 12.2. The van der Waals surface area contributed by atoms with Crippen molar-refractivity contribution in [1.82, 2.24) is 10.9 Å². The number of hydrogen-bond acceptors (Lipinski definition) is 3. The van der Waals surface area contributed by atoms with Crippen LogP contribution < -0.4 is 15.8 Å². The Morgan fingerprint density at radius 2 is 1.76 bits per heavy atom. The molecule has 0 atom stereocenters. The number of anilines is 1. The standard InChI is InChI=1S/C20H29N3O2/c24-19(13-12-16-7-2-1-3-8-16)21-22-20(25)15-23-14-6-10-17-9-4-5-11-18(17)23/h4-5,9,11,16H,1-3,6-8,10,12-15H2,(H,21,24)(H,22,25). The summed E-state index contributed by atoms with van der Waals surface area (Å²) in [5, 5.41) is 0. The fraction of sp³-hybridized carbons (Fsp3) is 0.600. The summed E-state index contributed by atoms with van der Waals surface area (Å²) in [5.74, 6) is 0.431. The molecule has 136 valence electrons. The van der Waals surface area contributed by atoms with Gasteiger partial charge >= 0.3 is 0 Å². The molecule has 0 unspecified atom stereocenters. The first-order valence-electron chi connectivity index (χ1n) is 9.63. The number of nitrogens with one attached hydrogen (secondary N) is 2. The van der Waals surface area contributed by atoms with Crippen molar-refractivity contribution < 1.29 is 9.59 Å². The minimum atomic E-state index is -0.164. The second kappa shape index (κ2) is 8.88. The molecule has 0 bridgehead atoms. The minimum absolute atomic E-state index is 0.0852. The van der Waals surface area contributed by atoms with E-state index in [4.69, 9.17) is 0 Å². The van der Waals surface area contributed by atoms with Crippen LogP contribution in [-0.2, 0) is 16.0 Å². The van der Waals surface area contributed by atoms with Gasteiger partial charge < -0.3 is 4.90 Å². The van der Waals surface area contributed by atoms with Crippen molar-refractivity contribution in [2.75, 3.05) is 18.0 Å². The number of amides is 2. The summed E-state index contributed by atoms with van der Waals surface area (Å²) < 4.78 is 0. The number of carbonyl (C=O) groups excluding carboxylic acids is 2. The fourth-order valence-corrected chi connectivity index (χ4v) is 4.00. The Morgan fingerprint density at radius 3 is 2.60 bits per heavy atom. The van der Waals surface area contributed by atoms with Gasteiger partial charge in [0.1, 0.15) is 0 Å². The van der Waals surface area contributed by atoms with E-state index in [-0.39, 0.29) is 18.4 Å². The van der Waals surface area contributed by atoms with Crippen LogP contribution in [0.2, 0.25) is 0 Å². The molecule has 0 spiro atoms. The normalized spacial score (nSPS) is 17.7. The van der Waals surface area contributed by atoms with Crippen molar-refractivity contribution in [2.45, 2.75) is 57.8 Å². The summed E-state index contributed by atoms with van der Waals surface area (Å²) in [5.41, 5.74) is 7.56. The lowest BCUT2D eigenvalue weighted by Crippen LogP contribution is -2.47. The number of benzene rings is 1. The van der Waals surface area contributed by atoms with E-state index in [1.54, 1.807) is 0 Å². The molecule has 1 saturated carbocycles. The lowest BCUT2D eigenvalue weighted by molar-refractivity contribution is -0.128. The Labute approximate surface area is 150 Å². The summed E-state index contributed by atoms with van der Waals surface area (Å²) in [6.45, 7) is 1.15. The van der Waals surface area contributed by atoms with Gasteiger partial charge in [-0.25, -0.2) is 0 Å². The van der Waals surface area contributed by atoms with Crippen LogP contribution in [0.5, 0.6) is 0 Å². The van der Waals surface area contributed by atoms with Crippen LogP contribution in [0, 0.1) is 5.92 Å². The molecular formula is C20H29N3O2. The summed E-state index contributed by atoms with van der Waals surface area (Å²) in [6, 6.07) is 8.22. The molecule has 0 radical (unpaired) electrons. The van der Waals surface area contributed by atoms with Gasteiger partial charge in [-0.05, 0) is 36.8 Å². The van der Waals surface area contributed by atoms with Crippen molar-refractivity contribution in [3.05, 3.63) is 29.8 Å². The first kappa shape index (κ1) is 17.8. The Morgan fingerprint density at radius 1 is 1.00 bits per heavy atom. The van der Waals surface area contributed by atoms with E-state index < -0.39 is 0 Å². The average molecular weight is 343 g/mol. The first-order valence-corrected chi connectivity index (χ1v) is 9.63. The Bertz CT molecular complexity index is 596. The van der Waals surface area contributed by atoms with Gasteiger partial charge in [-0.1, -0.05) is 50.3 Å². The molecule has 1 aliphatic carbocycles. The zero-order chi connectivity index (χ0) is 17.5. The number of rotatable bonds is 5. The van der Waals surface area contributed by atoms with Crippen LogP contribution in [0.4, 0.5) is 5.69 Å². The highest BCUT2D eigenvalue weighted by molar-refractivity contribution is 5.85. The smallest absolute Gasteiger partial charge is 0.257 e. The lowest BCUT2D eigenvalue weighted by atomic mass is 9.86. The SMILES string of the molecule is O=C(CCC1CCCCC1)NNC(=O)CN1CCCc2ccccc21. The summed E-state index contributed by atoms with van der Waals surface area (Å²) in [4.78, 5) is 26.2. The summed E-state index contributed by atoms with van der Waals surface area (Å²) >= 11 is 0. The molecule has 1 aliphatic heterocycles. The van der Waals surface area contributed by atoms with E-state index in [0.717, 1.165) is 31.5 Å². The predicted octanol–water partition coefficient (Wildman–Crippen LogP) is 2.95. The number of nitrogens with zero attached hydrogens (tertiary/aromatic N) is 1. The van der Waals surface area contributed by atoms with Gasteiger partial charge in [-0.2, -0.15) is 0 Å². The molecule has 3 rings (SSSR count). The van der Waals surface area contributed by atoms with Gasteiger partial charge in [0.25, 0.3) is 5.91 Å². The number of para-hydroxylation sites is 1. The molecule has 0 aromatic heterocycles. The van der Waals surface area contributed by atoms with E-state index in [1.807, 2.05) is 12.1 Å². The highest BCUT2D eigenvalue weighted by atomic mass is 16.2. The van der Waals surface area contributed by atoms with Crippen LogP contribution in [0.25, 0.3) is 0 Å². The quantitative estimate of drug-likeness (QED) is 0.808. The second-order valence-electron chi connectivity index (χ2n) is 7.29. The molecule has 25 heavy (non-hydrogen) atoms. The van der Waals surface area contributed by atoms with Crippen molar-refractivity contribution >= 4 is 17.5 Å². The highest BCUT2D eigenvalue weighted by Crippen LogP contribution is 2.27. The monoisotopic (exact) mass is 343 g/mol. The summed E-state index contributed by atoms with van der Waals surface area (Å²) in [6.07, 6.45) is 9.95. The zero-order valence-electron chi connectivity index (χ0n) is 14.9. The number of hydrazine groups is 1. The number of aryl methyl sites for hydroxylation is 1. The largest absolute Gasteiger partial charge is 0.362 e. The van der Waals surface area contributed by atoms with Crippen molar-refractivity contribution in [1.29, 1.82) is 0 Å². The number of carbonyl (C=O) groups is 2. The molecular weight excluding hydrogens is 314 g/mol. The molecule has 0 saturated heterocycles. The molecule has 1 aromatic carbocycles. The van der Waals surface area contributed by atoms with E-state index in [0.29, 0.717) is 12.3 Å². The maximum Gasteiger partial charge on any atom is 0.257 e. The molecule has 1 aromatic rings. The van der Waals surface area contributed by atoms with Crippen LogP contribution in [0.3, 0.4) is 0 Å². The Kier molecular flexibility index (Phi) is 6.31. The van der Waals surface area contributed by atoms with Crippen LogP contribution in [0.15, 0.2) is 24.3 Å². The maximum absolute atomic E-state index is 12.2. The number of fused-ring (bicyclic) bond motifs is 1. The average Bonchev–Trinajstić information content (AvgIpc) is 2.66. The van der Waals surface area contributed by atoms with E-state index in [9.17, 15) is 9.59 Å².